The minimum Gasteiger partial charge on any atom is -0.508 e. The second kappa shape index (κ2) is 5.74. The molecule has 16 heavy (non-hydrogen) atoms. The molecule has 0 radical (unpaired) electrons. The highest BCUT2D eigenvalue weighted by atomic mass is 19.1. The van der Waals surface area contributed by atoms with Crippen LogP contribution in [-0.4, -0.2) is 24.2 Å². The number of ether oxygens (including phenoxy) is 1. The number of nitro groups is 1. The van der Waals surface area contributed by atoms with Gasteiger partial charge in [-0.05, 0) is 12.1 Å². The van der Waals surface area contributed by atoms with Crippen molar-refractivity contribution in [1.29, 1.82) is 0 Å². The summed E-state index contributed by atoms with van der Waals surface area (Å²) in [6, 6.07) is 5.31. The molecule has 0 amide bonds. The Hall–Kier alpha value is -2.05. The molecule has 0 aliphatic carbocycles. The fourth-order valence-corrected chi connectivity index (χ4v) is 1.01. The Morgan fingerprint density at radius 2 is 2.12 bits per heavy atom. The Balaban J connectivity index is 2.49. The van der Waals surface area contributed by atoms with Gasteiger partial charge in [0.1, 0.15) is 12.4 Å². The summed E-state index contributed by atoms with van der Waals surface area (Å²) in [5.41, 5.74) is 8.16. The molecule has 0 aliphatic heterocycles. The number of hydrogen-bond acceptors (Lipinski definition) is 3. The van der Waals surface area contributed by atoms with Crippen LogP contribution in [0.25, 0.3) is 5.53 Å². The molecule has 0 fully saturated rings. The summed E-state index contributed by atoms with van der Waals surface area (Å²) in [6.45, 7) is -0.460. The van der Waals surface area contributed by atoms with Gasteiger partial charge in [0.2, 0.25) is 0 Å². The van der Waals surface area contributed by atoms with Gasteiger partial charge in [0.15, 0.2) is 12.7 Å². The van der Waals surface area contributed by atoms with Crippen molar-refractivity contribution in [1.82, 2.24) is 0 Å². The summed E-state index contributed by atoms with van der Waals surface area (Å²) < 4.78 is 17.8. The summed E-state index contributed by atoms with van der Waals surface area (Å²) in [6.07, 6.45) is -1.35. The molecule has 0 saturated heterocycles. The van der Waals surface area contributed by atoms with Crippen LogP contribution in [0.2, 0.25) is 0 Å². The van der Waals surface area contributed by atoms with Crippen molar-refractivity contribution in [2.45, 2.75) is 6.17 Å². The monoisotopic (exact) mass is 227 g/mol. The van der Waals surface area contributed by atoms with E-state index in [1.807, 2.05) is 0 Å². The molecular formula is C9H10FN3O3. The van der Waals surface area contributed by atoms with Gasteiger partial charge in [-0.25, -0.2) is 4.39 Å². The number of halogens is 1. The van der Waals surface area contributed by atoms with Gasteiger partial charge >= 0.3 is 0 Å². The van der Waals surface area contributed by atoms with Crippen molar-refractivity contribution >= 4 is 5.69 Å². The highest BCUT2D eigenvalue weighted by molar-refractivity contribution is 5.35. The van der Waals surface area contributed by atoms with E-state index in [-0.39, 0.29) is 18.8 Å². The number of hydrogen-bond donors (Lipinski definition) is 1. The normalized spacial score (nSPS) is 11.8. The number of alkyl halides is 1. The molecular weight excluding hydrogens is 217 g/mol. The van der Waals surface area contributed by atoms with Crippen LogP contribution in [0, 0.1) is 10.1 Å². The average molecular weight is 227 g/mol. The van der Waals surface area contributed by atoms with Crippen molar-refractivity contribution in [2.75, 3.05) is 13.2 Å². The van der Waals surface area contributed by atoms with Gasteiger partial charge in [-0.2, -0.15) is 0 Å². The molecule has 1 aromatic rings. The number of non-ortho nitro benzene ring substituents is 1. The lowest BCUT2D eigenvalue weighted by molar-refractivity contribution is -0.489. The summed E-state index contributed by atoms with van der Waals surface area (Å²) >= 11 is 0. The maximum atomic E-state index is 12.8. The van der Waals surface area contributed by atoms with E-state index in [9.17, 15) is 14.5 Å². The van der Waals surface area contributed by atoms with Crippen molar-refractivity contribution in [3.8, 4) is 5.75 Å². The molecule has 0 saturated carbocycles. The third kappa shape index (κ3) is 3.60. The molecule has 0 unspecified atom stereocenters. The van der Waals surface area contributed by atoms with Gasteiger partial charge < -0.3 is 15.4 Å². The molecule has 1 aromatic carbocycles. The Bertz CT molecular complexity index is 369. The maximum Gasteiger partial charge on any atom is 0.269 e. The van der Waals surface area contributed by atoms with E-state index < -0.39 is 11.1 Å². The van der Waals surface area contributed by atoms with E-state index >= 15 is 0 Å². The molecule has 0 aromatic heterocycles. The van der Waals surface area contributed by atoms with Gasteiger partial charge in [0, 0.05) is 12.1 Å². The molecule has 86 valence electrons. The summed E-state index contributed by atoms with van der Waals surface area (Å²) in [5, 5.41) is 12.0. The average Bonchev–Trinajstić information content (AvgIpc) is 2.27. The lowest BCUT2D eigenvalue weighted by atomic mass is 10.3. The van der Waals surface area contributed by atoms with Crippen molar-refractivity contribution in [3.05, 3.63) is 39.9 Å². The molecule has 0 aliphatic rings. The molecule has 0 heterocycles. The Labute approximate surface area is 90.7 Å². The first-order valence-corrected chi connectivity index (χ1v) is 4.51. The van der Waals surface area contributed by atoms with Crippen LogP contribution in [0.5, 0.6) is 5.75 Å². The first kappa shape index (κ1) is 12.0. The van der Waals surface area contributed by atoms with E-state index in [0.29, 0.717) is 5.75 Å². The summed E-state index contributed by atoms with van der Waals surface area (Å²) in [4.78, 5) is 9.80. The van der Waals surface area contributed by atoms with Crippen LogP contribution in [0.1, 0.15) is 0 Å². The minimum absolute atomic E-state index is 0.0545. The van der Waals surface area contributed by atoms with Crippen LogP contribution in [0.3, 0.4) is 0 Å². The Kier molecular flexibility index (Phi) is 4.31. The fraction of sp³-hybridized carbons (Fsp3) is 0.333. The zero-order chi connectivity index (χ0) is 12.0. The SMILES string of the molecule is [N-]=[NH+]C[C@@H](F)COc1ccc([N+](=O)[O-])cc1. The molecule has 1 atom stereocenters. The number of nitro benzene ring substituents is 1. The Morgan fingerprint density at radius 3 is 2.62 bits per heavy atom. The maximum absolute atomic E-state index is 12.8. The van der Waals surface area contributed by atoms with E-state index in [2.05, 4.69) is 0 Å². The second-order valence-electron chi connectivity index (χ2n) is 3.02. The fourth-order valence-electron chi connectivity index (χ4n) is 1.01. The predicted molar refractivity (Wildman–Crippen MR) is 52.7 cm³/mol. The highest BCUT2D eigenvalue weighted by Gasteiger charge is 2.09. The van der Waals surface area contributed by atoms with Gasteiger partial charge in [-0.1, -0.05) is 0 Å². The summed E-state index contributed by atoms with van der Waals surface area (Å²) in [5.74, 6) is 0.339. The third-order valence-electron chi connectivity index (χ3n) is 1.79. The second-order valence-corrected chi connectivity index (χ2v) is 3.02. The smallest absolute Gasteiger partial charge is 0.269 e. The van der Waals surface area contributed by atoms with Gasteiger partial charge in [0.25, 0.3) is 5.69 Å². The van der Waals surface area contributed by atoms with Crippen LogP contribution in [0.4, 0.5) is 10.1 Å². The molecule has 1 rings (SSSR count). The predicted octanol–water partition coefficient (Wildman–Crippen LogP) is 0.414. The molecule has 0 bridgehead atoms. The van der Waals surface area contributed by atoms with Crippen LogP contribution < -0.4 is 9.85 Å². The van der Waals surface area contributed by atoms with Crippen molar-refractivity contribution in [2.24, 2.45) is 0 Å². The van der Waals surface area contributed by atoms with Crippen LogP contribution in [-0.2, 0) is 0 Å². The first-order chi connectivity index (χ1) is 7.63. The number of nitrogens with one attached hydrogen (secondary N) is 1. The largest absolute Gasteiger partial charge is 0.508 e. The van der Waals surface area contributed by atoms with Gasteiger partial charge in [-0.15, -0.1) is 0 Å². The quantitative estimate of drug-likeness (QED) is 0.433. The van der Waals surface area contributed by atoms with Crippen molar-refractivity contribution in [3.63, 3.8) is 0 Å². The van der Waals surface area contributed by atoms with Gasteiger partial charge in [-0.3, -0.25) is 10.1 Å². The first-order valence-electron chi connectivity index (χ1n) is 4.51. The number of benzene rings is 1. The van der Waals surface area contributed by atoms with Gasteiger partial charge in [0.05, 0.1) is 4.92 Å². The lowest BCUT2D eigenvalue weighted by Gasteiger charge is -2.06. The van der Waals surface area contributed by atoms with E-state index in [4.69, 9.17) is 10.3 Å². The topological polar surface area (TPSA) is 88.6 Å². The van der Waals surface area contributed by atoms with E-state index in [1.165, 1.54) is 24.3 Å². The molecule has 0 spiro atoms. The van der Waals surface area contributed by atoms with Crippen molar-refractivity contribution < 1.29 is 19.2 Å². The zero-order valence-corrected chi connectivity index (χ0v) is 8.30. The third-order valence-corrected chi connectivity index (χ3v) is 1.79. The van der Waals surface area contributed by atoms with Crippen LogP contribution >= 0.6 is 0 Å². The molecule has 1 N–H and O–H groups in total. The number of nitrogens with zero attached hydrogens (tertiary/aromatic N) is 2. The summed E-state index contributed by atoms with van der Waals surface area (Å²) in [7, 11) is 0. The molecule has 7 heteroatoms. The van der Waals surface area contributed by atoms with E-state index in [0.717, 1.165) is 0 Å². The zero-order valence-electron chi connectivity index (χ0n) is 8.30. The standard InChI is InChI=1S/C9H10FN3O3/c10-7(5-12-11)6-16-9-3-1-8(2-4-9)13(14)15/h1-4,7,12H,5-6H2/t7-/m1/s1. The number of rotatable bonds is 6. The lowest BCUT2D eigenvalue weighted by Crippen LogP contribution is -2.66. The van der Waals surface area contributed by atoms with Crippen LogP contribution in [0.15, 0.2) is 24.3 Å². The highest BCUT2D eigenvalue weighted by Crippen LogP contribution is 2.17. The minimum atomic E-state index is -1.35. The molecule has 6 nitrogen and oxygen atoms in total. The van der Waals surface area contributed by atoms with E-state index in [1.54, 1.807) is 5.11 Å². The Morgan fingerprint density at radius 1 is 1.50 bits per heavy atom.